The predicted octanol–water partition coefficient (Wildman–Crippen LogP) is 2.57. The van der Waals surface area contributed by atoms with E-state index in [0.29, 0.717) is 4.90 Å². The zero-order chi connectivity index (χ0) is 15.5. The van der Waals surface area contributed by atoms with Gasteiger partial charge >= 0.3 is 0 Å². The van der Waals surface area contributed by atoms with Gasteiger partial charge in [-0.05, 0) is 49.1 Å². The molecule has 0 radical (unpaired) electrons. The van der Waals surface area contributed by atoms with Crippen LogP contribution in [0.15, 0.2) is 52.4 Å². The van der Waals surface area contributed by atoms with Crippen molar-refractivity contribution < 1.29 is 8.42 Å². The average Bonchev–Trinajstić information content (AvgIpc) is 2.83. The van der Waals surface area contributed by atoms with E-state index in [0.717, 1.165) is 29.7 Å². The number of hydrogen-bond donors (Lipinski definition) is 1. The first-order valence-electron chi connectivity index (χ1n) is 6.84. The van der Waals surface area contributed by atoms with Crippen LogP contribution in [-0.2, 0) is 9.84 Å². The summed E-state index contributed by atoms with van der Waals surface area (Å²) >= 11 is 0. The van der Waals surface area contributed by atoms with Crippen LogP contribution in [-0.4, -0.2) is 26.6 Å². The van der Waals surface area contributed by atoms with E-state index < -0.39 is 9.84 Å². The maximum absolute atomic E-state index is 11.4. The Hall–Kier alpha value is -1.72. The lowest BCUT2D eigenvalue weighted by atomic mass is 10.1. The van der Waals surface area contributed by atoms with Gasteiger partial charge in [0.05, 0.1) is 11.1 Å². The number of rotatable bonds is 4. The Morgan fingerprint density at radius 3 is 2.52 bits per heavy atom. The fourth-order valence-corrected chi connectivity index (χ4v) is 2.76. The number of nitrogens with two attached hydrogens (primary N) is 1. The third-order valence-corrected chi connectivity index (χ3v) is 4.53. The van der Waals surface area contributed by atoms with Crippen molar-refractivity contribution in [2.24, 2.45) is 10.7 Å². The van der Waals surface area contributed by atoms with Crippen LogP contribution in [0, 0.1) is 0 Å². The minimum Gasteiger partial charge on any atom is -0.310 e. The van der Waals surface area contributed by atoms with Gasteiger partial charge in [0.15, 0.2) is 9.84 Å². The summed E-state index contributed by atoms with van der Waals surface area (Å²) < 4.78 is 22.8. The minimum atomic E-state index is -3.14. The summed E-state index contributed by atoms with van der Waals surface area (Å²) in [6, 6.07) is 6.90. The summed E-state index contributed by atoms with van der Waals surface area (Å²) in [6.45, 7) is 1.99. The molecule has 2 rings (SSSR count). The topological polar surface area (TPSA) is 72.5 Å². The van der Waals surface area contributed by atoms with E-state index in [1.165, 1.54) is 6.26 Å². The van der Waals surface area contributed by atoms with E-state index in [1.807, 2.05) is 37.3 Å². The quantitative estimate of drug-likeness (QED) is 0.869. The summed E-state index contributed by atoms with van der Waals surface area (Å²) in [5, 5.41) is 0. The molecule has 1 atom stereocenters. The Bertz CT molecular complexity index is 698. The standard InChI is InChI=1S/C16H20N2O2S/c1-12(4-3-5-14-8-11-16(17)18-14)13-6-9-15(10-7-13)21(2,19)20/h3-7,9-10,16H,8,11,17H2,1-2H3/b5-3-,12-4+. The van der Waals surface area contributed by atoms with Crippen LogP contribution < -0.4 is 5.73 Å². The lowest BCUT2D eigenvalue weighted by Gasteiger charge is -2.02. The molecule has 0 fully saturated rings. The monoisotopic (exact) mass is 304 g/mol. The van der Waals surface area contributed by atoms with Gasteiger partial charge in [-0.15, -0.1) is 0 Å². The Balaban J connectivity index is 2.09. The molecule has 5 heteroatoms. The minimum absolute atomic E-state index is 0.0572. The third-order valence-electron chi connectivity index (χ3n) is 3.40. The molecule has 2 N–H and O–H groups in total. The van der Waals surface area contributed by atoms with Gasteiger partial charge in [0.2, 0.25) is 0 Å². The van der Waals surface area contributed by atoms with Crippen molar-refractivity contribution >= 4 is 21.1 Å². The highest BCUT2D eigenvalue weighted by molar-refractivity contribution is 7.90. The number of hydrogen-bond acceptors (Lipinski definition) is 4. The van der Waals surface area contributed by atoms with Gasteiger partial charge in [-0.3, -0.25) is 4.99 Å². The van der Waals surface area contributed by atoms with E-state index in [4.69, 9.17) is 5.73 Å². The second kappa shape index (κ2) is 6.37. The van der Waals surface area contributed by atoms with Gasteiger partial charge < -0.3 is 5.73 Å². The molecule has 0 saturated carbocycles. The van der Waals surface area contributed by atoms with Crippen molar-refractivity contribution in [2.75, 3.05) is 6.26 Å². The molecule has 1 aliphatic rings. The molecule has 1 heterocycles. The summed E-state index contributed by atoms with van der Waals surface area (Å²) in [7, 11) is -3.14. The zero-order valence-electron chi connectivity index (χ0n) is 12.3. The summed E-state index contributed by atoms with van der Waals surface area (Å²) in [4.78, 5) is 4.65. The molecule has 0 aromatic heterocycles. The number of benzene rings is 1. The van der Waals surface area contributed by atoms with E-state index in [1.54, 1.807) is 12.1 Å². The molecule has 0 aliphatic carbocycles. The first-order valence-corrected chi connectivity index (χ1v) is 8.73. The first-order chi connectivity index (χ1) is 9.86. The zero-order valence-corrected chi connectivity index (χ0v) is 13.1. The van der Waals surface area contributed by atoms with Crippen molar-refractivity contribution in [1.29, 1.82) is 0 Å². The molecule has 1 aliphatic heterocycles. The molecule has 1 aromatic carbocycles. The average molecular weight is 304 g/mol. The van der Waals surface area contributed by atoms with Gasteiger partial charge in [-0.25, -0.2) is 8.42 Å². The van der Waals surface area contributed by atoms with E-state index >= 15 is 0 Å². The largest absolute Gasteiger partial charge is 0.310 e. The van der Waals surface area contributed by atoms with Crippen molar-refractivity contribution in [3.05, 3.63) is 48.1 Å². The molecule has 0 bridgehead atoms. The molecular formula is C16H20N2O2S. The maximum atomic E-state index is 11.4. The predicted molar refractivity (Wildman–Crippen MR) is 87.0 cm³/mol. The molecule has 1 unspecified atom stereocenters. The summed E-state index contributed by atoms with van der Waals surface area (Å²) in [5.74, 6) is 0. The molecule has 112 valence electrons. The Morgan fingerprint density at radius 2 is 2.00 bits per heavy atom. The number of aliphatic imine (C=N–C) groups is 1. The van der Waals surface area contributed by atoms with Crippen LogP contribution in [0.2, 0.25) is 0 Å². The molecule has 4 nitrogen and oxygen atoms in total. The lowest BCUT2D eigenvalue weighted by Crippen LogP contribution is -2.11. The normalized spacial score (nSPS) is 20.0. The highest BCUT2D eigenvalue weighted by Crippen LogP contribution is 2.17. The second-order valence-electron chi connectivity index (χ2n) is 5.23. The van der Waals surface area contributed by atoms with E-state index in [-0.39, 0.29) is 6.17 Å². The van der Waals surface area contributed by atoms with Crippen molar-refractivity contribution in [3.63, 3.8) is 0 Å². The lowest BCUT2D eigenvalue weighted by molar-refractivity contribution is 0.602. The number of sulfone groups is 1. The van der Waals surface area contributed by atoms with Crippen molar-refractivity contribution in [3.8, 4) is 0 Å². The SMILES string of the molecule is C/C(=C\C=C/C1=NC(N)CC1)c1ccc(S(C)(=O)=O)cc1. The molecule has 21 heavy (non-hydrogen) atoms. The fourth-order valence-electron chi connectivity index (χ4n) is 2.13. The van der Waals surface area contributed by atoms with Crippen LogP contribution >= 0.6 is 0 Å². The summed E-state index contributed by atoms with van der Waals surface area (Å²) in [6.07, 6.45) is 8.90. The Labute approximate surface area is 126 Å². The van der Waals surface area contributed by atoms with Gasteiger partial charge in [0.1, 0.15) is 0 Å². The van der Waals surface area contributed by atoms with E-state index in [9.17, 15) is 8.42 Å². The van der Waals surface area contributed by atoms with Gasteiger partial charge in [0, 0.05) is 12.0 Å². The van der Waals surface area contributed by atoms with Crippen LogP contribution in [0.5, 0.6) is 0 Å². The Morgan fingerprint density at radius 1 is 1.33 bits per heavy atom. The smallest absolute Gasteiger partial charge is 0.175 e. The summed E-state index contributed by atoms with van der Waals surface area (Å²) in [5.41, 5.74) is 8.80. The third kappa shape index (κ3) is 4.37. The number of nitrogens with zero attached hydrogens (tertiary/aromatic N) is 1. The fraction of sp³-hybridized carbons (Fsp3) is 0.312. The van der Waals surface area contributed by atoms with Gasteiger partial charge in [-0.1, -0.05) is 24.3 Å². The number of allylic oxidation sites excluding steroid dienone is 4. The first kappa shape index (κ1) is 15.7. The highest BCUT2D eigenvalue weighted by atomic mass is 32.2. The molecule has 0 amide bonds. The molecule has 1 aromatic rings. The van der Waals surface area contributed by atoms with Gasteiger partial charge in [-0.2, -0.15) is 0 Å². The van der Waals surface area contributed by atoms with Crippen LogP contribution in [0.4, 0.5) is 0 Å². The van der Waals surface area contributed by atoms with Crippen LogP contribution in [0.1, 0.15) is 25.3 Å². The molecular weight excluding hydrogens is 284 g/mol. The maximum Gasteiger partial charge on any atom is 0.175 e. The highest BCUT2D eigenvalue weighted by Gasteiger charge is 2.10. The second-order valence-corrected chi connectivity index (χ2v) is 7.25. The van der Waals surface area contributed by atoms with Crippen LogP contribution in [0.25, 0.3) is 5.57 Å². The van der Waals surface area contributed by atoms with Gasteiger partial charge in [0.25, 0.3) is 0 Å². The molecule has 0 spiro atoms. The van der Waals surface area contributed by atoms with E-state index in [2.05, 4.69) is 4.99 Å². The van der Waals surface area contributed by atoms with Crippen LogP contribution in [0.3, 0.4) is 0 Å². The Kier molecular flexibility index (Phi) is 4.75. The van der Waals surface area contributed by atoms with Crippen molar-refractivity contribution in [2.45, 2.75) is 30.8 Å². The molecule has 0 saturated heterocycles. The van der Waals surface area contributed by atoms with Crippen molar-refractivity contribution in [1.82, 2.24) is 0 Å².